The first-order valence-electron chi connectivity index (χ1n) is 7.90. The number of benzene rings is 1. The Morgan fingerprint density at radius 2 is 1.47 bits per heavy atom. The van der Waals surface area contributed by atoms with E-state index in [1.807, 2.05) is 0 Å². The molecule has 108 valence electrons. The van der Waals surface area contributed by atoms with Crippen LogP contribution in [-0.4, -0.2) is 5.88 Å². The van der Waals surface area contributed by atoms with Gasteiger partial charge < -0.3 is 0 Å². The van der Waals surface area contributed by atoms with Crippen LogP contribution in [0.1, 0.15) is 75.3 Å². The van der Waals surface area contributed by atoms with Crippen molar-refractivity contribution in [3.05, 3.63) is 35.4 Å². The third kappa shape index (κ3) is 7.01. The van der Waals surface area contributed by atoms with Gasteiger partial charge in [-0.15, -0.1) is 11.6 Å². The minimum Gasteiger partial charge on any atom is -0.126 e. The topological polar surface area (TPSA) is 0 Å². The monoisotopic (exact) mass is 280 g/mol. The molecule has 0 heterocycles. The van der Waals surface area contributed by atoms with Crippen LogP contribution in [0.2, 0.25) is 0 Å². The van der Waals surface area contributed by atoms with Gasteiger partial charge in [0.1, 0.15) is 0 Å². The first-order chi connectivity index (χ1) is 9.27. The van der Waals surface area contributed by atoms with Crippen LogP contribution in [0, 0.1) is 6.92 Å². The van der Waals surface area contributed by atoms with E-state index in [0.717, 1.165) is 5.88 Å². The molecule has 1 heteroatoms. The average Bonchev–Trinajstić information content (AvgIpc) is 2.43. The molecule has 0 fully saturated rings. The Balaban J connectivity index is 2.20. The number of rotatable bonds is 10. The van der Waals surface area contributed by atoms with Gasteiger partial charge >= 0.3 is 0 Å². The van der Waals surface area contributed by atoms with Crippen molar-refractivity contribution in [2.75, 3.05) is 5.88 Å². The van der Waals surface area contributed by atoms with E-state index < -0.39 is 0 Å². The van der Waals surface area contributed by atoms with Gasteiger partial charge in [-0.2, -0.15) is 0 Å². The minimum absolute atomic E-state index is 0.540. The molecule has 1 rings (SSSR count). The number of aryl methyl sites for hydroxylation is 1. The van der Waals surface area contributed by atoms with Crippen molar-refractivity contribution in [3.8, 4) is 0 Å². The molecule has 0 nitrogen and oxygen atoms in total. The van der Waals surface area contributed by atoms with Crippen LogP contribution in [0.25, 0.3) is 0 Å². The van der Waals surface area contributed by atoms with Gasteiger partial charge in [-0.3, -0.25) is 0 Å². The van der Waals surface area contributed by atoms with Gasteiger partial charge in [-0.1, -0.05) is 81.7 Å². The zero-order valence-corrected chi connectivity index (χ0v) is 13.4. The van der Waals surface area contributed by atoms with Gasteiger partial charge in [0.2, 0.25) is 0 Å². The van der Waals surface area contributed by atoms with Gasteiger partial charge in [0.25, 0.3) is 0 Å². The van der Waals surface area contributed by atoms with E-state index in [1.165, 1.54) is 62.5 Å². The molecule has 0 aromatic heterocycles. The lowest BCUT2D eigenvalue weighted by molar-refractivity contribution is 0.551. The molecule has 0 aliphatic rings. The predicted molar refractivity (Wildman–Crippen MR) is 87.3 cm³/mol. The molecular weight excluding hydrogens is 252 g/mol. The normalized spacial score (nSPS) is 12.6. The summed E-state index contributed by atoms with van der Waals surface area (Å²) in [6, 6.07) is 8.87. The molecule has 19 heavy (non-hydrogen) atoms. The number of halogens is 1. The van der Waals surface area contributed by atoms with Crippen LogP contribution in [0.5, 0.6) is 0 Å². The summed E-state index contributed by atoms with van der Waals surface area (Å²) in [6.07, 6.45) is 10.9. The Kier molecular flexibility index (Phi) is 8.99. The third-order valence-corrected chi connectivity index (χ3v) is 4.26. The molecule has 0 aliphatic carbocycles. The van der Waals surface area contributed by atoms with Crippen molar-refractivity contribution in [1.82, 2.24) is 0 Å². The lowest BCUT2D eigenvalue weighted by Gasteiger charge is -2.14. The average molecular weight is 281 g/mol. The van der Waals surface area contributed by atoms with Gasteiger partial charge in [0.05, 0.1) is 0 Å². The summed E-state index contributed by atoms with van der Waals surface area (Å²) in [5, 5.41) is 0. The highest BCUT2D eigenvalue weighted by atomic mass is 35.5. The van der Waals surface area contributed by atoms with Crippen LogP contribution in [0.4, 0.5) is 0 Å². The fraction of sp³-hybridized carbons (Fsp3) is 0.667. The van der Waals surface area contributed by atoms with Crippen molar-refractivity contribution in [2.24, 2.45) is 0 Å². The standard InChI is InChI=1S/C18H29Cl/c1-3-4-5-6-7-8-9-10-18(15-19)17-13-11-16(2)12-14-17/h11-14,18H,3-10,15H2,1-2H3. The van der Waals surface area contributed by atoms with E-state index in [-0.39, 0.29) is 0 Å². The van der Waals surface area contributed by atoms with Gasteiger partial charge in [0, 0.05) is 5.88 Å². The van der Waals surface area contributed by atoms with Crippen LogP contribution in [-0.2, 0) is 0 Å². The SMILES string of the molecule is CCCCCCCCCC(CCl)c1ccc(C)cc1. The van der Waals surface area contributed by atoms with Crippen LogP contribution < -0.4 is 0 Å². The second kappa shape index (κ2) is 10.3. The summed E-state index contributed by atoms with van der Waals surface area (Å²) in [6.45, 7) is 4.41. The van der Waals surface area contributed by atoms with Crippen molar-refractivity contribution in [2.45, 2.75) is 71.1 Å². The maximum atomic E-state index is 6.12. The van der Waals surface area contributed by atoms with Crippen LogP contribution in [0.3, 0.4) is 0 Å². The van der Waals surface area contributed by atoms with Crippen molar-refractivity contribution >= 4 is 11.6 Å². The molecule has 0 amide bonds. The highest BCUT2D eigenvalue weighted by Gasteiger charge is 2.09. The first kappa shape index (κ1) is 16.6. The molecule has 1 aromatic carbocycles. The van der Waals surface area contributed by atoms with E-state index in [1.54, 1.807) is 0 Å². The molecule has 0 saturated carbocycles. The minimum atomic E-state index is 0.540. The largest absolute Gasteiger partial charge is 0.126 e. The first-order valence-corrected chi connectivity index (χ1v) is 8.44. The van der Waals surface area contributed by atoms with E-state index >= 15 is 0 Å². The second-order valence-electron chi connectivity index (χ2n) is 5.67. The van der Waals surface area contributed by atoms with Gasteiger partial charge in [-0.25, -0.2) is 0 Å². The van der Waals surface area contributed by atoms with Gasteiger partial charge in [-0.05, 0) is 24.8 Å². The van der Waals surface area contributed by atoms with Crippen molar-refractivity contribution < 1.29 is 0 Å². The van der Waals surface area contributed by atoms with E-state index in [4.69, 9.17) is 11.6 Å². The van der Waals surface area contributed by atoms with Crippen LogP contribution >= 0.6 is 11.6 Å². The molecule has 0 radical (unpaired) electrons. The number of hydrogen-bond acceptors (Lipinski definition) is 0. The molecule has 0 saturated heterocycles. The summed E-state index contributed by atoms with van der Waals surface area (Å²) in [4.78, 5) is 0. The van der Waals surface area contributed by atoms with E-state index in [0.29, 0.717) is 5.92 Å². The van der Waals surface area contributed by atoms with Crippen molar-refractivity contribution in [3.63, 3.8) is 0 Å². The molecule has 1 atom stereocenters. The highest BCUT2D eigenvalue weighted by Crippen LogP contribution is 2.24. The Labute approximate surface area is 124 Å². The maximum Gasteiger partial charge on any atom is 0.0292 e. The highest BCUT2D eigenvalue weighted by molar-refractivity contribution is 6.18. The third-order valence-electron chi connectivity index (χ3n) is 3.89. The number of unbranched alkanes of at least 4 members (excludes halogenated alkanes) is 6. The molecule has 1 unspecified atom stereocenters. The Hall–Kier alpha value is -0.490. The lowest BCUT2D eigenvalue weighted by atomic mass is 9.94. The molecule has 0 aliphatic heterocycles. The summed E-state index contributed by atoms with van der Waals surface area (Å²) in [5.41, 5.74) is 2.74. The summed E-state index contributed by atoms with van der Waals surface area (Å²) >= 11 is 6.12. The van der Waals surface area contributed by atoms with Gasteiger partial charge in [0.15, 0.2) is 0 Å². The Morgan fingerprint density at radius 3 is 2.05 bits per heavy atom. The molecule has 1 aromatic rings. The predicted octanol–water partition coefficient (Wildman–Crippen LogP) is 6.46. The molecule has 0 bridgehead atoms. The summed E-state index contributed by atoms with van der Waals surface area (Å²) < 4.78 is 0. The summed E-state index contributed by atoms with van der Waals surface area (Å²) in [7, 11) is 0. The molecule has 0 spiro atoms. The Morgan fingerprint density at radius 1 is 0.895 bits per heavy atom. The van der Waals surface area contributed by atoms with E-state index in [2.05, 4.69) is 38.1 Å². The van der Waals surface area contributed by atoms with E-state index in [9.17, 15) is 0 Å². The lowest BCUT2D eigenvalue weighted by Crippen LogP contribution is -2.00. The fourth-order valence-corrected chi connectivity index (χ4v) is 2.85. The molecular formula is C18H29Cl. The zero-order valence-electron chi connectivity index (χ0n) is 12.6. The summed E-state index contributed by atoms with van der Waals surface area (Å²) in [5.74, 6) is 1.29. The zero-order chi connectivity index (χ0) is 13.9. The molecule has 0 N–H and O–H groups in total. The Bertz CT molecular complexity index is 315. The second-order valence-corrected chi connectivity index (χ2v) is 5.98. The maximum absolute atomic E-state index is 6.12. The smallest absolute Gasteiger partial charge is 0.0292 e. The fourth-order valence-electron chi connectivity index (χ4n) is 2.52. The van der Waals surface area contributed by atoms with Crippen LogP contribution in [0.15, 0.2) is 24.3 Å². The number of hydrogen-bond donors (Lipinski definition) is 0. The number of alkyl halides is 1. The quantitative estimate of drug-likeness (QED) is 0.341. The van der Waals surface area contributed by atoms with Crippen molar-refractivity contribution in [1.29, 1.82) is 0 Å².